The second-order valence-corrected chi connectivity index (χ2v) is 7.67. The van der Waals surface area contributed by atoms with Crippen LogP contribution in [0.25, 0.3) is 0 Å². The van der Waals surface area contributed by atoms with Crippen molar-refractivity contribution in [2.45, 2.75) is 26.2 Å². The monoisotopic (exact) mass is 406 g/mol. The second-order valence-electron chi connectivity index (χ2n) is 7.67. The van der Waals surface area contributed by atoms with Gasteiger partial charge in [0, 0.05) is 18.2 Å². The van der Waals surface area contributed by atoms with Crippen molar-refractivity contribution < 1.29 is 23.9 Å². The Hall–Kier alpha value is -3.48. The molecule has 0 spiro atoms. The number of fused-ring (bicyclic) bond motifs is 3. The Balaban J connectivity index is 1.58. The van der Waals surface area contributed by atoms with Crippen LogP contribution >= 0.6 is 0 Å². The van der Waals surface area contributed by atoms with Crippen LogP contribution in [0, 0.1) is 6.92 Å². The molecule has 2 aliphatic rings. The summed E-state index contributed by atoms with van der Waals surface area (Å²) in [6.45, 7) is 3.98. The smallest absolute Gasteiger partial charge is 0.260 e. The highest BCUT2D eigenvalue weighted by Crippen LogP contribution is 2.35. The number of nitrogens with zero attached hydrogens (tertiary/aromatic N) is 2. The van der Waals surface area contributed by atoms with Crippen LogP contribution in [0.2, 0.25) is 0 Å². The molecule has 0 saturated carbocycles. The fourth-order valence-electron chi connectivity index (χ4n) is 4.05. The summed E-state index contributed by atoms with van der Waals surface area (Å²) >= 11 is 0. The third kappa shape index (κ3) is 3.16. The second kappa shape index (κ2) is 7.40. The molecule has 154 valence electrons. The minimum atomic E-state index is -0.588. The minimum absolute atomic E-state index is 0.0244. The lowest BCUT2D eigenvalue weighted by molar-refractivity contribution is -0.130. The Morgan fingerprint density at radius 2 is 1.63 bits per heavy atom. The standard InChI is InChI=1S/C23H22N2O5/c1-13-4-6-15(7-5-13)30-11-10-25-19(26)12-18-16(23(25)29)8-9-17-20(18)14(2)21(27)24(3)22(17)28/h4-9,14H,10-12H2,1-3H3. The van der Waals surface area contributed by atoms with Gasteiger partial charge in [-0.25, -0.2) is 0 Å². The van der Waals surface area contributed by atoms with Gasteiger partial charge in [-0.2, -0.15) is 0 Å². The summed E-state index contributed by atoms with van der Waals surface area (Å²) in [7, 11) is 1.44. The number of likely N-dealkylation sites (N-methyl/N-ethyl adjacent to an activating group) is 1. The van der Waals surface area contributed by atoms with Gasteiger partial charge in [0.1, 0.15) is 12.4 Å². The molecule has 2 aromatic rings. The molecule has 0 N–H and O–H groups in total. The van der Waals surface area contributed by atoms with E-state index in [1.165, 1.54) is 11.9 Å². The predicted octanol–water partition coefficient (Wildman–Crippen LogP) is 2.31. The van der Waals surface area contributed by atoms with Crippen molar-refractivity contribution in [2.24, 2.45) is 0 Å². The number of hydrogen-bond donors (Lipinski definition) is 0. The van der Waals surface area contributed by atoms with Crippen molar-refractivity contribution >= 4 is 23.6 Å². The molecule has 7 nitrogen and oxygen atoms in total. The van der Waals surface area contributed by atoms with Gasteiger partial charge in [-0.05, 0) is 49.2 Å². The van der Waals surface area contributed by atoms with Gasteiger partial charge in [0.05, 0.1) is 18.9 Å². The molecule has 2 aromatic carbocycles. The van der Waals surface area contributed by atoms with Crippen LogP contribution < -0.4 is 4.74 Å². The number of hydrogen-bond acceptors (Lipinski definition) is 5. The summed E-state index contributed by atoms with van der Waals surface area (Å²) in [5, 5.41) is 0. The number of amides is 4. The van der Waals surface area contributed by atoms with Crippen LogP contribution in [0.3, 0.4) is 0 Å². The lowest BCUT2D eigenvalue weighted by Gasteiger charge is -2.34. The molecule has 0 radical (unpaired) electrons. The van der Waals surface area contributed by atoms with Crippen molar-refractivity contribution in [1.82, 2.24) is 9.80 Å². The molecule has 2 aliphatic heterocycles. The average molecular weight is 406 g/mol. The van der Waals surface area contributed by atoms with E-state index in [0.29, 0.717) is 28.0 Å². The number of aryl methyl sites for hydroxylation is 1. The first-order valence-corrected chi connectivity index (χ1v) is 9.81. The van der Waals surface area contributed by atoms with Crippen LogP contribution in [-0.4, -0.2) is 53.6 Å². The van der Waals surface area contributed by atoms with Gasteiger partial charge >= 0.3 is 0 Å². The van der Waals surface area contributed by atoms with Crippen molar-refractivity contribution in [3.63, 3.8) is 0 Å². The lowest BCUT2D eigenvalue weighted by Crippen LogP contribution is -2.47. The zero-order chi connectivity index (χ0) is 21.6. The molecule has 1 unspecified atom stereocenters. The number of carbonyl (C=O) groups is 4. The summed E-state index contributed by atoms with van der Waals surface area (Å²) in [4.78, 5) is 52.9. The van der Waals surface area contributed by atoms with E-state index in [2.05, 4.69) is 0 Å². The zero-order valence-electron chi connectivity index (χ0n) is 17.1. The van der Waals surface area contributed by atoms with E-state index in [1.807, 2.05) is 31.2 Å². The summed E-state index contributed by atoms with van der Waals surface area (Å²) in [5.41, 5.74) is 2.83. The van der Waals surface area contributed by atoms with Gasteiger partial charge in [0.15, 0.2) is 0 Å². The summed E-state index contributed by atoms with van der Waals surface area (Å²) in [5.74, 6) is -1.46. The highest BCUT2D eigenvalue weighted by molar-refractivity contribution is 6.15. The first-order valence-electron chi connectivity index (χ1n) is 9.81. The van der Waals surface area contributed by atoms with Crippen molar-refractivity contribution in [3.05, 3.63) is 64.2 Å². The number of rotatable bonds is 4. The molecule has 7 heteroatoms. The predicted molar refractivity (Wildman–Crippen MR) is 108 cm³/mol. The van der Waals surface area contributed by atoms with E-state index in [1.54, 1.807) is 19.1 Å². The van der Waals surface area contributed by atoms with Gasteiger partial charge < -0.3 is 4.74 Å². The Labute approximate surface area is 174 Å². The van der Waals surface area contributed by atoms with Gasteiger partial charge in [0.2, 0.25) is 11.8 Å². The molecule has 0 aliphatic carbocycles. The molecule has 0 saturated heterocycles. The molecule has 1 atom stereocenters. The maximum atomic E-state index is 13.0. The maximum absolute atomic E-state index is 13.0. The van der Waals surface area contributed by atoms with E-state index >= 15 is 0 Å². The Kier molecular flexibility index (Phi) is 4.89. The van der Waals surface area contributed by atoms with Crippen LogP contribution in [0.15, 0.2) is 36.4 Å². The Morgan fingerprint density at radius 3 is 2.33 bits per heavy atom. The summed E-state index contributed by atoms with van der Waals surface area (Å²) in [6.07, 6.45) is -0.0244. The van der Waals surface area contributed by atoms with E-state index in [4.69, 9.17) is 4.74 Å². The van der Waals surface area contributed by atoms with Crippen molar-refractivity contribution in [3.8, 4) is 5.75 Å². The largest absolute Gasteiger partial charge is 0.492 e. The lowest BCUT2D eigenvalue weighted by atomic mass is 9.81. The molecular weight excluding hydrogens is 384 g/mol. The number of ether oxygens (including phenoxy) is 1. The first kappa shape index (κ1) is 19.8. The highest BCUT2D eigenvalue weighted by Gasteiger charge is 2.40. The highest BCUT2D eigenvalue weighted by atomic mass is 16.5. The molecule has 0 aromatic heterocycles. The van der Waals surface area contributed by atoms with Crippen molar-refractivity contribution in [2.75, 3.05) is 20.2 Å². The van der Waals surface area contributed by atoms with Gasteiger partial charge in [-0.3, -0.25) is 29.0 Å². The Morgan fingerprint density at radius 1 is 0.967 bits per heavy atom. The molecule has 4 rings (SSSR count). The third-order valence-corrected chi connectivity index (χ3v) is 5.74. The zero-order valence-corrected chi connectivity index (χ0v) is 17.1. The quantitative estimate of drug-likeness (QED) is 0.728. The topological polar surface area (TPSA) is 84.0 Å². The van der Waals surface area contributed by atoms with Crippen molar-refractivity contribution in [1.29, 1.82) is 0 Å². The van der Waals surface area contributed by atoms with E-state index in [-0.39, 0.29) is 31.4 Å². The fraction of sp³-hybridized carbons (Fsp3) is 0.304. The normalized spacial score (nSPS) is 18.4. The first-order chi connectivity index (χ1) is 14.3. The van der Waals surface area contributed by atoms with Gasteiger partial charge in [-0.15, -0.1) is 0 Å². The minimum Gasteiger partial charge on any atom is -0.492 e. The van der Waals surface area contributed by atoms with Crippen LogP contribution in [0.5, 0.6) is 5.75 Å². The molecule has 0 bridgehead atoms. The van der Waals surface area contributed by atoms with Gasteiger partial charge in [0.25, 0.3) is 11.8 Å². The molecule has 30 heavy (non-hydrogen) atoms. The Bertz CT molecular complexity index is 1070. The molecule has 2 heterocycles. The average Bonchev–Trinajstić information content (AvgIpc) is 2.73. The van der Waals surface area contributed by atoms with Crippen LogP contribution in [0.4, 0.5) is 0 Å². The molecular formula is C23H22N2O5. The number of imide groups is 2. The van der Waals surface area contributed by atoms with E-state index in [9.17, 15) is 19.2 Å². The third-order valence-electron chi connectivity index (χ3n) is 5.74. The van der Waals surface area contributed by atoms with Gasteiger partial charge in [-0.1, -0.05) is 17.7 Å². The SMILES string of the molecule is Cc1ccc(OCCN2C(=O)Cc3c(ccc4c3C(C)C(=O)N(C)C4=O)C2=O)cc1. The van der Waals surface area contributed by atoms with Crippen LogP contribution in [0.1, 0.15) is 50.2 Å². The summed E-state index contributed by atoms with van der Waals surface area (Å²) in [6, 6.07) is 10.7. The van der Waals surface area contributed by atoms with E-state index < -0.39 is 17.7 Å². The fourth-order valence-corrected chi connectivity index (χ4v) is 4.05. The molecule has 4 amide bonds. The molecule has 0 fully saturated rings. The summed E-state index contributed by atoms with van der Waals surface area (Å²) < 4.78 is 5.65. The number of carbonyl (C=O) groups excluding carboxylic acids is 4. The van der Waals surface area contributed by atoms with E-state index in [0.717, 1.165) is 10.5 Å². The van der Waals surface area contributed by atoms with Crippen LogP contribution in [-0.2, 0) is 16.0 Å². The maximum Gasteiger partial charge on any atom is 0.260 e. The number of benzene rings is 2.